The Hall–Kier alpha value is -2.10. The highest BCUT2D eigenvalue weighted by molar-refractivity contribution is 6.36. The van der Waals surface area contributed by atoms with Gasteiger partial charge in [-0.1, -0.05) is 5.16 Å². The molecule has 1 heterocycles. The van der Waals surface area contributed by atoms with E-state index in [4.69, 9.17) is 15.2 Å². The first-order valence-electron chi connectivity index (χ1n) is 5.64. The number of hydrogen-bond donors (Lipinski definition) is 1. The lowest BCUT2D eigenvalue weighted by Gasteiger charge is -2.23. The van der Waals surface area contributed by atoms with E-state index in [9.17, 15) is 9.59 Å². The van der Waals surface area contributed by atoms with E-state index >= 15 is 0 Å². The second-order valence-corrected chi connectivity index (χ2v) is 4.05. The molecule has 0 fully saturated rings. The number of rotatable bonds is 5. The standard InChI is InChI=1S/C11H15N3O4/c1-3-14(6-7(2)5-12)10(15)9-4-8(11(16)17)13-18-9/h7,9H,3-4,6H2,1-2H3,(H,16,17). The predicted octanol–water partition coefficient (Wildman–Crippen LogP) is 0.224. The van der Waals surface area contributed by atoms with Gasteiger partial charge in [0.25, 0.3) is 5.91 Å². The number of oxime groups is 1. The molecule has 0 radical (unpaired) electrons. The van der Waals surface area contributed by atoms with E-state index in [0.717, 1.165) is 0 Å². The fourth-order valence-corrected chi connectivity index (χ4v) is 1.59. The van der Waals surface area contributed by atoms with Crippen molar-refractivity contribution in [1.29, 1.82) is 5.26 Å². The summed E-state index contributed by atoms with van der Waals surface area (Å²) in [5.41, 5.74) is -0.155. The summed E-state index contributed by atoms with van der Waals surface area (Å²) >= 11 is 0. The molecule has 0 aromatic carbocycles. The van der Waals surface area contributed by atoms with Crippen LogP contribution in [0.5, 0.6) is 0 Å². The number of hydrogen-bond acceptors (Lipinski definition) is 5. The first-order chi connectivity index (χ1) is 8.49. The van der Waals surface area contributed by atoms with Crippen molar-refractivity contribution in [3.05, 3.63) is 0 Å². The summed E-state index contributed by atoms with van der Waals surface area (Å²) in [6.07, 6.45) is -0.923. The van der Waals surface area contributed by atoms with Gasteiger partial charge in [-0.2, -0.15) is 5.26 Å². The topological polar surface area (TPSA) is 103 Å². The van der Waals surface area contributed by atoms with Crippen LogP contribution in [0, 0.1) is 17.2 Å². The molecule has 1 N–H and O–H groups in total. The van der Waals surface area contributed by atoms with Crippen LogP contribution >= 0.6 is 0 Å². The van der Waals surface area contributed by atoms with E-state index < -0.39 is 12.1 Å². The lowest BCUT2D eigenvalue weighted by Crippen LogP contribution is -2.41. The number of carbonyl (C=O) groups is 2. The molecule has 0 saturated carbocycles. The Labute approximate surface area is 105 Å². The molecule has 0 spiro atoms. The highest BCUT2D eigenvalue weighted by atomic mass is 16.6. The normalized spacial score (nSPS) is 19.4. The Morgan fingerprint density at radius 1 is 1.72 bits per heavy atom. The van der Waals surface area contributed by atoms with Crippen molar-refractivity contribution in [3.63, 3.8) is 0 Å². The third-order valence-corrected chi connectivity index (χ3v) is 2.60. The van der Waals surface area contributed by atoms with E-state index in [1.807, 2.05) is 6.07 Å². The number of carboxylic acids is 1. The number of carboxylic acid groups (broad SMARTS) is 1. The molecular formula is C11H15N3O4. The van der Waals surface area contributed by atoms with E-state index in [2.05, 4.69) is 5.16 Å². The molecule has 0 aliphatic carbocycles. The third-order valence-electron chi connectivity index (χ3n) is 2.60. The maximum atomic E-state index is 12.0. The van der Waals surface area contributed by atoms with Crippen LogP contribution in [0.25, 0.3) is 0 Å². The molecule has 0 bridgehead atoms. The van der Waals surface area contributed by atoms with E-state index in [0.29, 0.717) is 13.1 Å². The minimum absolute atomic E-state index is 0.0361. The zero-order chi connectivity index (χ0) is 13.7. The zero-order valence-corrected chi connectivity index (χ0v) is 10.3. The first kappa shape index (κ1) is 14.0. The monoisotopic (exact) mass is 253 g/mol. The Balaban J connectivity index is 2.60. The lowest BCUT2D eigenvalue weighted by atomic mass is 10.1. The molecule has 7 heteroatoms. The highest BCUT2D eigenvalue weighted by Gasteiger charge is 2.34. The lowest BCUT2D eigenvalue weighted by molar-refractivity contribution is -0.142. The molecule has 1 amide bonds. The number of aliphatic carboxylic acids is 1. The fraction of sp³-hybridized carbons (Fsp3) is 0.636. The van der Waals surface area contributed by atoms with Crippen molar-refractivity contribution < 1.29 is 19.5 Å². The summed E-state index contributed by atoms with van der Waals surface area (Å²) in [6.45, 7) is 4.24. The Kier molecular flexibility index (Phi) is 4.66. The molecule has 0 aromatic heterocycles. The van der Waals surface area contributed by atoms with E-state index in [-0.39, 0.29) is 24.0 Å². The quantitative estimate of drug-likeness (QED) is 0.755. The molecule has 18 heavy (non-hydrogen) atoms. The van der Waals surface area contributed by atoms with Gasteiger partial charge < -0.3 is 14.8 Å². The molecule has 0 saturated heterocycles. The maximum Gasteiger partial charge on any atom is 0.353 e. The smallest absolute Gasteiger partial charge is 0.353 e. The molecule has 0 aromatic rings. The second-order valence-electron chi connectivity index (χ2n) is 4.05. The highest BCUT2D eigenvalue weighted by Crippen LogP contribution is 2.14. The molecule has 2 atom stereocenters. The van der Waals surface area contributed by atoms with Crippen molar-refractivity contribution in [2.45, 2.75) is 26.4 Å². The van der Waals surface area contributed by atoms with Gasteiger partial charge in [0, 0.05) is 19.5 Å². The summed E-state index contributed by atoms with van der Waals surface area (Å²) in [6, 6.07) is 2.04. The fourth-order valence-electron chi connectivity index (χ4n) is 1.59. The number of likely N-dealkylation sites (N-methyl/N-ethyl adjacent to an activating group) is 1. The molecule has 98 valence electrons. The minimum Gasteiger partial charge on any atom is -0.477 e. The van der Waals surface area contributed by atoms with Crippen molar-refractivity contribution in [3.8, 4) is 6.07 Å². The molecule has 2 unspecified atom stereocenters. The molecule has 1 aliphatic rings. The summed E-state index contributed by atoms with van der Waals surface area (Å²) in [5, 5.41) is 20.8. The summed E-state index contributed by atoms with van der Waals surface area (Å²) in [5.74, 6) is -1.80. The number of amides is 1. The van der Waals surface area contributed by atoms with E-state index in [1.165, 1.54) is 4.90 Å². The van der Waals surface area contributed by atoms with Crippen LogP contribution in [-0.2, 0) is 14.4 Å². The Morgan fingerprint density at radius 2 is 2.39 bits per heavy atom. The van der Waals surface area contributed by atoms with Crippen molar-refractivity contribution in [2.75, 3.05) is 13.1 Å². The van der Waals surface area contributed by atoms with E-state index in [1.54, 1.807) is 13.8 Å². The summed E-state index contributed by atoms with van der Waals surface area (Å²) in [7, 11) is 0. The summed E-state index contributed by atoms with van der Waals surface area (Å²) in [4.78, 5) is 29.0. The largest absolute Gasteiger partial charge is 0.477 e. The van der Waals surface area contributed by atoms with Gasteiger partial charge in [-0.15, -0.1) is 0 Å². The van der Waals surface area contributed by atoms with Gasteiger partial charge in [0.15, 0.2) is 5.71 Å². The molecule has 1 aliphatic heterocycles. The molecule has 7 nitrogen and oxygen atoms in total. The van der Waals surface area contributed by atoms with Crippen molar-refractivity contribution in [2.24, 2.45) is 11.1 Å². The number of nitrogens with zero attached hydrogens (tertiary/aromatic N) is 3. The first-order valence-corrected chi connectivity index (χ1v) is 5.64. The van der Waals surface area contributed by atoms with Gasteiger partial charge in [-0.3, -0.25) is 4.79 Å². The van der Waals surface area contributed by atoms with Crippen LogP contribution in [0.2, 0.25) is 0 Å². The Bertz CT molecular complexity index is 413. The number of carbonyl (C=O) groups excluding carboxylic acids is 1. The average Bonchev–Trinajstić information content (AvgIpc) is 2.84. The van der Waals surface area contributed by atoms with Gasteiger partial charge in [0.2, 0.25) is 6.10 Å². The summed E-state index contributed by atoms with van der Waals surface area (Å²) < 4.78 is 0. The van der Waals surface area contributed by atoms with Gasteiger partial charge in [0.05, 0.1) is 12.0 Å². The van der Waals surface area contributed by atoms with Crippen LogP contribution in [0.3, 0.4) is 0 Å². The molecular weight excluding hydrogens is 238 g/mol. The van der Waals surface area contributed by atoms with Gasteiger partial charge in [-0.25, -0.2) is 4.79 Å². The van der Waals surface area contributed by atoms with Crippen LogP contribution in [0.15, 0.2) is 5.16 Å². The van der Waals surface area contributed by atoms with Crippen LogP contribution in [-0.4, -0.2) is 46.8 Å². The minimum atomic E-state index is -1.18. The Morgan fingerprint density at radius 3 is 2.83 bits per heavy atom. The van der Waals surface area contributed by atoms with Crippen molar-refractivity contribution >= 4 is 17.6 Å². The van der Waals surface area contributed by atoms with Crippen LogP contribution < -0.4 is 0 Å². The third kappa shape index (κ3) is 3.20. The SMILES string of the molecule is CCN(CC(C)C#N)C(=O)C1CC(C(=O)O)=NO1. The van der Waals surface area contributed by atoms with Gasteiger partial charge >= 0.3 is 5.97 Å². The number of nitriles is 1. The van der Waals surface area contributed by atoms with Gasteiger partial charge in [0.1, 0.15) is 0 Å². The predicted molar refractivity (Wildman–Crippen MR) is 61.6 cm³/mol. The molecule has 1 rings (SSSR count). The zero-order valence-electron chi connectivity index (χ0n) is 10.3. The van der Waals surface area contributed by atoms with Crippen LogP contribution in [0.1, 0.15) is 20.3 Å². The second kappa shape index (κ2) is 6.00. The van der Waals surface area contributed by atoms with Crippen LogP contribution in [0.4, 0.5) is 0 Å². The average molecular weight is 253 g/mol. The maximum absolute atomic E-state index is 12.0. The van der Waals surface area contributed by atoms with Crippen molar-refractivity contribution in [1.82, 2.24) is 4.90 Å². The van der Waals surface area contributed by atoms with Gasteiger partial charge in [-0.05, 0) is 13.8 Å².